The Morgan fingerprint density at radius 3 is 2.23 bits per heavy atom. The maximum atomic E-state index is 12.8. The molecule has 1 saturated heterocycles. The zero-order chi connectivity index (χ0) is 18.7. The molecule has 138 valence electrons. The first-order chi connectivity index (χ1) is 12.4. The van der Waals surface area contributed by atoms with Crippen LogP contribution in [-0.4, -0.2) is 52.0 Å². The van der Waals surface area contributed by atoms with Crippen molar-refractivity contribution >= 4 is 21.7 Å². The van der Waals surface area contributed by atoms with E-state index < -0.39 is 16.0 Å². The Morgan fingerprint density at radius 1 is 1.00 bits per heavy atom. The van der Waals surface area contributed by atoms with Crippen molar-refractivity contribution in [2.24, 2.45) is 0 Å². The summed E-state index contributed by atoms with van der Waals surface area (Å²) in [7, 11) is -2.28. The van der Waals surface area contributed by atoms with Crippen molar-refractivity contribution in [1.82, 2.24) is 4.31 Å². The van der Waals surface area contributed by atoms with Crippen LogP contribution in [0.15, 0.2) is 53.4 Å². The third kappa shape index (κ3) is 3.73. The van der Waals surface area contributed by atoms with Crippen molar-refractivity contribution in [2.75, 3.05) is 38.2 Å². The summed E-state index contributed by atoms with van der Waals surface area (Å²) in [4.78, 5) is 13.9. The van der Waals surface area contributed by atoms with Crippen LogP contribution in [0, 0.1) is 6.92 Å². The maximum Gasteiger partial charge on any atom is 0.337 e. The number of hydrogen-bond acceptors (Lipinski definition) is 5. The van der Waals surface area contributed by atoms with E-state index in [-0.39, 0.29) is 4.90 Å². The van der Waals surface area contributed by atoms with Crippen LogP contribution in [0.1, 0.15) is 15.9 Å². The number of ether oxygens (including phenoxy) is 1. The molecule has 2 aromatic rings. The van der Waals surface area contributed by atoms with E-state index in [0.717, 1.165) is 5.69 Å². The topological polar surface area (TPSA) is 66.9 Å². The predicted octanol–water partition coefficient (Wildman–Crippen LogP) is 2.29. The zero-order valence-corrected chi connectivity index (χ0v) is 15.7. The van der Waals surface area contributed by atoms with Gasteiger partial charge in [-0.1, -0.05) is 12.1 Å². The van der Waals surface area contributed by atoms with Crippen LogP contribution in [0.3, 0.4) is 0 Å². The number of methoxy groups -OCH3 is 1. The summed E-state index contributed by atoms with van der Waals surface area (Å²) in [6.45, 7) is 4.18. The average molecular weight is 374 g/mol. The van der Waals surface area contributed by atoms with E-state index in [0.29, 0.717) is 31.7 Å². The number of hydrogen-bond donors (Lipinski definition) is 0. The second kappa shape index (κ2) is 7.47. The highest BCUT2D eigenvalue weighted by Gasteiger charge is 2.28. The summed E-state index contributed by atoms with van der Waals surface area (Å²) < 4.78 is 31.8. The smallest absolute Gasteiger partial charge is 0.337 e. The van der Waals surface area contributed by atoms with Gasteiger partial charge in [-0.05, 0) is 48.9 Å². The fourth-order valence-electron chi connectivity index (χ4n) is 3.04. The van der Waals surface area contributed by atoms with Gasteiger partial charge in [-0.2, -0.15) is 4.31 Å². The molecule has 6 nitrogen and oxygen atoms in total. The first-order valence-corrected chi connectivity index (χ1v) is 9.86. The van der Waals surface area contributed by atoms with Crippen LogP contribution in [0.25, 0.3) is 0 Å². The third-order valence-corrected chi connectivity index (χ3v) is 6.43. The molecule has 0 bridgehead atoms. The van der Waals surface area contributed by atoms with Crippen molar-refractivity contribution in [3.05, 3.63) is 59.7 Å². The van der Waals surface area contributed by atoms with Crippen LogP contribution in [0.4, 0.5) is 5.69 Å². The maximum absolute atomic E-state index is 12.8. The van der Waals surface area contributed by atoms with E-state index in [4.69, 9.17) is 0 Å². The fraction of sp³-hybridized carbons (Fsp3) is 0.316. The van der Waals surface area contributed by atoms with Crippen molar-refractivity contribution < 1.29 is 17.9 Å². The quantitative estimate of drug-likeness (QED) is 0.768. The van der Waals surface area contributed by atoms with Gasteiger partial charge >= 0.3 is 5.97 Å². The SMILES string of the molecule is COC(=O)c1ccc(S(=O)(=O)N2CCN(c3cccc(C)c3)CC2)cc1. The highest BCUT2D eigenvalue weighted by Crippen LogP contribution is 2.22. The molecule has 0 spiro atoms. The summed E-state index contributed by atoms with van der Waals surface area (Å²) in [5, 5.41) is 0. The Morgan fingerprint density at radius 2 is 1.65 bits per heavy atom. The monoisotopic (exact) mass is 374 g/mol. The van der Waals surface area contributed by atoms with Gasteiger partial charge in [0.15, 0.2) is 0 Å². The van der Waals surface area contributed by atoms with Gasteiger partial charge in [0.1, 0.15) is 0 Å². The van der Waals surface area contributed by atoms with Crippen molar-refractivity contribution in [3.8, 4) is 0 Å². The molecular formula is C19H22N2O4S. The number of rotatable bonds is 4. The lowest BCUT2D eigenvalue weighted by Gasteiger charge is -2.35. The molecule has 0 N–H and O–H groups in total. The third-order valence-electron chi connectivity index (χ3n) is 4.52. The lowest BCUT2D eigenvalue weighted by atomic mass is 10.2. The number of sulfonamides is 1. The number of nitrogens with zero attached hydrogens (tertiary/aromatic N) is 2. The Balaban J connectivity index is 1.70. The summed E-state index contributed by atoms with van der Waals surface area (Å²) in [6.07, 6.45) is 0. The number of carbonyl (C=O) groups excluding carboxylic acids is 1. The molecule has 1 aliphatic heterocycles. The van der Waals surface area contributed by atoms with E-state index in [1.54, 1.807) is 0 Å². The number of esters is 1. The average Bonchev–Trinajstić information content (AvgIpc) is 2.67. The molecule has 3 rings (SSSR count). The Labute approximate surface area is 154 Å². The molecule has 0 aliphatic carbocycles. The molecule has 0 atom stereocenters. The van der Waals surface area contributed by atoms with Gasteiger partial charge in [-0.3, -0.25) is 0 Å². The van der Waals surface area contributed by atoms with Gasteiger partial charge in [0.25, 0.3) is 0 Å². The molecule has 0 unspecified atom stereocenters. The summed E-state index contributed by atoms with van der Waals surface area (Å²) in [5.41, 5.74) is 2.63. The molecule has 7 heteroatoms. The molecule has 1 aliphatic rings. The molecule has 26 heavy (non-hydrogen) atoms. The molecule has 0 aromatic heterocycles. The summed E-state index contributed by atoms with van der Waals surface area (Å²) in [6, 6.07) is 14.1. The van der Waals surface area contributed by atoms with Crippen molar-refractivity contribution in [2.45, 2.75) is 11.8 Å². The minimum absolute atomic E-state index is 0.189. The normalized spacial score (nSPS) is 15.7. The number of piperazine rings is 1. The molecule has 1 heterocycles. The second-order valence-corrected chi connectivity index (χ2v) is 8.18. The Hall–Kier alpha value is -2.38. The van der Waals surface area contributed by atoms with Gasteiger partial charge in [-0.25, -0.2) is 13.2 Å². The lowest BCUT2D eigenvalue weighted by Crippen LogP contribution is -2.48. The van der Waals surface area contributed by atoms with E-state index in [9.17, 15) is 13.2 Å². The standard InChI is InChI=1S/C19H22N2O4S/c1-15-4-3-5-17(14-15)20-10-12-21(13-11-20)26(23,24)18-8-6-16(7-9-18)19(22)25-2/h3-9,14H,10-13H2,1-2H3. The predicted molar refractivity (Wildman–Crippen MR) is 99.9 cm³/mol. The first-order valence-electron chi connectivity index (χ1n) is 8.42. The minimum Gasteiger partial charge on any atom is -0.465 e. The lowest BCUT2D eigenvalue weighted by molar-refractivity contribution is 0.0600. The molecule has 0 saturated carbocycles. The van der Waals surface area contributed by atoms with Gasteiger partial charge in [0.2, 0.25) is 10.0 Å². The Kier molecular flexibility index (Phi) is 5.29. The fourth-order valence-corrected chi connectivity index (χ4v) is 4.46. The van der Waals surface area contributed by atoms with Gasteiger partial charge in [0, 0.05) is 31.9 Å². The molecule has 0 radical (unpaired) electrons. The number of carbonyl (C=O) groups is 1. The number of anilines is 1. The Bertz CT molecular complexity index is 886. The summed E-state index contributed by atoms with van der Waals surface area (Å²) >= 11 is 0. The van der Waals surface area contributed by atoms with Crippen LogP contribution in [0.5, 0.6) is 0 Å². The molecule has 1 fully saturated rings. The highest BCUT2D eigenvalue weighted by atomic mass is 32.2. The van der Waals surface area contributed by atoms with Crippen LogP contribution >= 0.6 is 0 Å². The zero-order valence-electron chi connectivity index (χ0n) is 14.9. The highest BCUT2D eigenvalue weighted by molar-refractivity contribution is 7.89. The van der Waals surface area contributed by atoms with E-state index in [1.165, 1.54) is 41.2 Å². The first kappa shape index (κ1) is 18.4. The van der Waals surface area contributed by atoms with Crippen LogP contribution in [0.2, 0.25) is 0 Å². The van der Waals surface area contributed by atoms with Crippen molar-refractivity contribution in [3.63, 3.8) is 0 Å². The molecule has 0 amide bonds. The van der Waals surface area contributed by atoms with Gasteiger partial charge in [0.05, 0.1) is 17.6 Å². The minimum atomic E-state index is -3.57. The second-order valence-electron chi connectivity index (χ2n) is 6.25. The van der Waals surface area contributed by atoms with Crippen LogP contribution in [-0.2, 0) is 14.8 Å². The van der Waals surface area contributed by atoms with Crippen molar-refractivity contribution in [1.29, 1.82) is 0 Å². The summed E-state index contributed by atoms with van der Waals surface area (Å²) in [5.74, 6) is -0.485. The van der Waals surface area contributed by atoms with E-state index in [1.807, 2.05) is 25.1 Å². The van der Waals surface area contributed by atoms with E-state index in [2.05, 4.69) is 15.7 Å². The molecular weight excluding hydrogens is 352 g/mol. The largest absolute Gasteiger partial charge is 0.465 e. The number of aryl methyl sites for hydroxylation is 1. The van der Waals surface area contributed by atoms with Crippen LogP contribution < -0.4 is 4.90 Å². The van der Waals surface area contributed by atoms with Gasteiger partial charge in [-0.15, -0.1) is 0 Å². The van der Waals surface area contributed by atoms with Gasteiger partial charge < -0.3 is 9.64 Å². The van der Waals surface area contributed by atoms with E-state index >= 15 is 0 Å². The number of benzene rings is 2. The molecule has 2 aromatic carbocycles.